The molecule has 2 heteroatoms. The van der Waals surface area contributed by atoms with Gasteiger partial charge in [0.15, 0.2) is 0 Å². The molecule has 0 amide bonds. The lowest BCUT2D eigenvalue weighted by Crippen LogP contribution is -2.14. The molecule has 0 saturated heterocycles. The molecule has 0 atom stereocenters. The Bertz CT molecular complexity index is 2190. The third-order valence-electron chi connectivity index (χ3n) is 8.51. The van der Waals surface area contributed by atoms with E-state index >= 15 is 0 Å². The van der Waals surface area contributed by atoms with Gasteiger partial charge < -0.3 is 8.82 Å². The lowest BCUT2D eigenvalue weighted by atomic mass is 9.82. The van der Waals surface area contributed by atoms with Gasteiger partial charge in [-0.25, -0.2) is 0 Å². The van der Waals surface area contributed by atoms with Crippen molar-refractivity contribution in [2.45, 2.75) is 19.3 Å². The van der Waals surface area contributed by atoms with Crippen molar-refractivity contribution in [1.82, 2.24) is 4.40 Å². The van der Waals surface area contributed by atoms with Crippen LogP contribution in [0.1, 0.15) is 25.0 Å². The molecule has 2 nitrogen and oxygen atoms in total. The number of hydrogen-bond acceptors (Lipinski definition) is 1. The quantitative estimate of drug-likeness (QED) is 0.227. The van der Waals surface area contributed by atoms with Gasteiger partial charge in [-0.2, -0.15) is 0 Å². The van der Waals surface area contributed by atoms with E-state index in [1.165, 1.54) is 71.1 Å². The maximum absolute atomic E-state index is 6.43. The summed E-state index contributed by atoms with van der Waals surface area (Å²) in [4.78, 5) is 0. The predicted octanol–water partition coefficient (Wildman–Crippen LogP) is 9.04. The molecular formula is C33H21NO. The number of furan rings is 1. The van der Waals surface area contributed by atoms with Crippen LogP contribution in [0.15, 0.2) is 95.4 Å². The Kier molecular flexibility index (Phi) is 2.93. The first-order valence-corrected chi connectivity index (χ1v) is 12.3. The molecule has 9 rings (SSSR count). The molecule has 35 heavy (non-hydrogen) atoms. The van der Waals surface area contributed by atoms with E-state index in [4.69, 9.17) is 4.42 Å². The lowest BCUT2D eigenvalue weighted by Gasteiger charge is -2.21. The smallest absolute Gasteiger partial charge is 0.136 e. The molecule has 3 aromatic heterocycles. The normalized spacial score (nSPS) is 14.8. The minimum Gasteiger partial charge on any atom is -0.456 e. The van der Waals surface area contributed by atoms with Crippen LogP contribution in [0.2, 0.25) is 0 Å². The molecule has 1 aliphatic rings. The molecule has 0 fully saturated rings. The third-order valence-corrected chi connectivity index (χ3v) is 8.51. The van der Waals surface area contributed by atoms with E-state index in [0.717, 1.165) is 11.2 Å². The van der Waals surface area contributed by atoms with Gasteiger partial charge >= 0.3 is 0 Å². The molecule has 0 saturated carbocycles. The van der Waals surface area contributed by atoms with Gasteiger partial charge in [-0.3, -0.25) is 0 Å². The van der Waals surface area contributed by atoms with Crippen molar-refractivity contribution in [3.05, 3.63) is 102 Å². The van der Waals surface area contributed by atoms with Gasteiger partial charge in [0.05, 0.1) is 16.6 Å². The molecule has 1 aliphatic carbocycles. The van der Waals surface area contributed by atoms with Crippen molar-refractivity contribution < 1.29 is 4.42 Å². The second-order valence-electron chi connectivity index (χ2n) is 10.6. The molecular weight excluding hydrogens is 426 g/mol. The van der Waals surface area contributed by atoms with Crippen molar-refractivity contribution >= 4 is 60.0 Å². The maximum atomic E-state index is 6.43. The number of benzene rings is 5. The fourth-order valence-corrected chi connectivity index (χ4v) is 6.96. The summed E-state index contributed by atoms with van der Waals surface area (Å²) in [5.74, 6) is 0. The Labute approximate surface area is 201 Å². The number of aromatic nitrogens is 1. The summed E-state index contributed by atoms with van der Waals surface area (Å²) in [6.07, 6.45) is 0. The number of para-hydroxylation sites is 2. The Balaban J connectivity index is 1.58. The first-order chi connectivity index (χ1) is 17.1. The predicted molar refractivity (Wildman–Crippen MR) is 146 cm³/mol. The number of rotatable bonds is 0. The van der Waals surface area contributed by atoms with E-state index in [-0.39, 0.29) is 5.41 Å². The lowest BCUT2D eigenvalue weighted by molar-refractivity contribution is 0.661. The van der Waals surface area contributed by atoms with Gasteiger partial charge in [-0.1, -0.05) is 74.5 Å². The average Bonchev–Trinajstić information content (AvgIpc) is 3.57. The van der Waals surface area contributed by atoms with Crippen molar-refractivity contribution in [2.24, 2.45) is 0 Å². The van der Waals surface area contributed by atoms with Crippen molar-refractivity contribution in [1.29, 1.82) is 0 Å². The zero-order valence-corrected chi connectivity index (χ0v) is 19.5. The molecule has 0 spiro atoms. The summed E-state index contributed by atoms with van der Waals surface area (Å²) >= 11 is 0. The third kappa shape index (κ3) is 1.93. The van der Waals surface area contributed by atoms with Crippen molar-refractivity contribution in [3.8, 4) is 11.1 Å². The molecule has 0 N–H and O–H groups in total. The minimum atomic E-state index is -0.0262. The summed E-state index contributed by atoms with van der Waals surface area (Å²) in [5.41, 5.74) is 11.3. The van der Waals surface area contributed by atoms with Crippen LogP contribution in [0.25, 0.3) is 71.2 Å². The highest BCUT2D eigenvalue weighted by Gasteiger charge is 2.36. The monoisotopic (exact) mass is 447 g/mol. The second-order valence-corrected chi connectivity index (χ2v) is 10.6. The Morgan fingerprint density at radius 3 is 2.26 bits per heavy atom. The zero-order valence-electron chi connectivity index (χ0n) is 19.5. The summed E-state index contributed by atoms with van der Waals surface area (Å²) in [6, 6.07) is 33.3. The van der Waals surface area contributed by atoms with Crippen molar-refractivity contribution in [2.75, 3.05) is 0 Å². The number of fused-ring (bicyclic) bond motifs is 13. The first kappa shape index (κ1) is 18.1. The van der Waals surface area contributed by atoms with Gasteiger partial charge in [0.1, 0.15) is 11.2 Å². The van der Waals surface area contributed by atoms with Gasteiger partial charge in [-0.05, 0) is 52.6 Å². The average molecular weight is 448 g/mol. The van der Waals surface area contributed by atoms with E-state index in [9.17, 15) is 0 Å². The van der Waals surface area contributed by atoms with E-state index in [1.807, 2.05) is 0 Å². The van der Waals surface area contributed by atoms with E-state index < -0.39 is 0 Å². The van der Waals surface area contributed by atoms with E-state index in [1.54, 1.807) is 0 Å². The molecule has 0 unspecified atom stereocenters. The molecule has 5 aromatic carbocycles. The molecule has 0 radical (unpaired) electrons. The number of hydrogen-bond donors (Lipinski definition) is 0. The summed E-state index contributed by atoms with van der Waals surface area (Å²) < 4.78 is 8.93. The highest BCUT2D eigenvalue weighted by atomic mass is 16.3. The highest BCUT2D eigenvalue weighted by Crippen LogP contribution is 2.52. The topological polar surface area (TPSA) is 17.6 Å². The standard InChI is InChI=1S/C33H21NO/c1-33(2)24-12-6-3-9-18(24)21-15-22-23-16-29-30(20-11-5-8-14-28(20)35-29)31-19-10-4-7-13-26(19)34(32(23)31)27(22)17-25(21)33/h3-17H,1-2H3. The fraction of sp³-hybridized carbons (Fsp3) is 0.0909. The van der Waals surface area contributed by atoms with Crippen molar-refractivity contribution in [3.63, 3.8) is 0 Å². The van der Waals surface area contributed by atoms with E-state index in [0.29, 0.717) is 0 Å². The molecule has 8 aromatic rings. The van der Waals surface area contributed by atoms with Crippen LogP contribution in [-0.2, 0) is 5.41 Å². The van der Waals surface area contributed by atoms with Gasteiger partial charge in [0, 0.05) is 37.7 Å². The second kappa shape index (κ2) is 5.67. The van der Waals surface area contributed by atoms with Crippen LogP contribution in [0.4, 0.5) is 0 Å². The Hall–Kier alpha value is -4.30. The summed E-state index contributed by atoms with van der Waals surface area (Å²) in [5, 5.41) is 7.56. The highest BCUT2D eigenvalue weighted by molar-refractivity contribution is 6.34. The van der Waals surface area contributed by atoms with E-state index in [2.05, 4.69) is 109 Å². The van der Waals surface area contributed by atoms with Crippen LogP contribution >= 0.6 is 0 Å². The maximum Gasteiger partial charge on any atom is 0.136 e. The molecule has 0 bridgehead atoms. The molecule has 164 valence electrons. The van der Waals surface area contributed by atoms with Crippen LogP contribution in [-0.4, -0.2) is 4.40 Å². The summed E-state index contributed by atoms with van der Waals surface area (Å²) in [7, 11) is 0. The van der Waals surface area contributed by atoms with Crippen LogP contribution in [0, 0.1) is 0 Å². The minimum absolute atomic E-state index is 0.0262. The summed E-state index contributed by atoms with van der Waals surface area (Å²) in [6.45, 7) is 4.71. The van der Waals surface area contributed by atoms with Gasteiger partial charge in [0.2, 0.25) is 0 Å². The largest absolute Gasteiger partial charge is 0.456 e. The SMILES string of the molecule is CC1(C)c2ccccc2-c2cc3c4cc5oc6ccccc6c5c5c6ccccc6n(c3cc21)c45. The van der Waals surface area contributed by atoms with Gasteiger partial charge in [-0.15, -0.1) is 0 Å². The van der Waals surface area contributed by atoms with Crippen LogP contribution < -0.4 is 0 Å². The first-order valence-electron chi connectivity index (χ1n) is 12.3. The fourth-order valence-electron chi connectivity index (χ4n) is 6.96. The number of nitrogens with zero attached hydrogens (tertiary/aromatic N) is 1. The van der Waals surface area contributed by atoms with Crippen LogP contribution in [0.3, 0.4) is 0 Å². The molecule has 3 heterocycles. The Morgan fingerprint density at radius 1 is 0.571 bits per heavy atom. The van der Waals surface area contributed by atoms with Crippen LogP contribution in [0.5, 0.6) is 0 Å². The van der Waals surface area contributed by atoms with Gasteiger partial charge in [0.25, 0.3) is 0 Å². The molecule has 0 aliphatic heterocycles. The Morgan fingerprint density at radius 2 is 1.34 bits per heavy atom. The zero-order chi connectivity index (χ0) is 23.1.